The van der Waals surface area contributed by atoms with Crippen LogP contribution in [0.2, 0.25) is 0 Å². The minimum atomic E-state index is -0.200. The Bertz CT molecular complexity index is 1190. The van der Waals surface area contributed by atoms with Crippen molar-refractivity contribution in [2.45, 2.75) is 46.2 Å². The number of carbonyl (C=O) groups excluding carboxylic acids is 1. The van der Waals surface area contributed by atoms with Gasteiger partial charge in [0.25, 0.3) is 5.56 Å². The Morgan fingerprint density at radius 3 is 2.71 bits per heavy atom. The number of ether oxygens (including phenoxy) is 1. The second-order valence-corrected chi connectivity index (χ2v) is 8.91. The SMILES string of the molecule is CCOc1ccc2[nH]c(=O)c(CN(C[C@H]3CCCN3CC)C(=O)Nc3ccc(C)cc3)cc2c1. The molecule has 1 aliphatic rings. The summed E-state index contributed by atoms with van der Waals surface area (Å²) >= 11 is 0. The number of hydrogen-bond acceptors (Lipinski definition) is 4. The van der Waals surface area contributed by atoms with Gasteiger partial charge in [0.1, 0.15) is 5.75 Å². The van der Waals surface area contributed by atoms with E-state index in [0.29, 0.717) is 18.7 Å². The fourth-order valence-corrected chi connectivity index (χ4v) is 4.64. The molecule has 4 rings (SSSR count). The minimum Gasteiger partial charge on any atom is -0.494 e. The number of benzene rings is 2. The molecule has 2 aromatic carbocycles. The quantitative estimate of drug-likeness (QED) is 0.506. The monoisotopic (exact) mass is 462 g/mol. The van der Waals surface area contributed by atoms with Gasteiger partial charge in [-0.25, -0.2) is 4.79 Å². The van der Waals surface area contributed by atoms with Crippen LogP contribution < -0.4 is 15.6 Å². The van der Waals surface area contributed by atoms with Crippen molar-refractivity contribution in [1.82, 2.24) is 14.8 Å². The Morgan fingerprint density at radius 1 is 1.18 bits per heavy atom. The molecule has 0 radical (unpaired) electrons. The molecule has 2 amide bonds. The summed E-state index contributed by atoms with van der Waals surface area (Å²) in [6.45, 7) is 9.48. The molecule has 1 aliphatic heterocycles. The van der Waals surface area contributed by atoms with Gasteiger partial charge in [0.05, 0.1) is 13.2 Å². The van der Waals surface area contributed by atoms with E-state index in [4.69, 9.17) is 4.74 Å². The van der Waals surface area contributed by atoms with Crippen LogP contribution in [0.25, 0.3) is 10.9 Å². The maximum Gasteiger partial charge on any atom is 0.322 e. The van der Waals surface area contributed by atoms with Crippen LogP contribution in [0.15, 0.2) is 53.3 Å². The molecule has 0 aliphatic carbocycles. The highest BCUT2D eigenvalue weighted by molar-refractivity contribution is 5.89. The highest BCUT2D eigenvalue weighted by atomic mass is 16.5. The van der Waals surface area contributed by atoms with Gasteiger partial charge in [-0.05, 0) is 76.2 Å². The third-order valence-electron chi connectivity index (χ3n) is 6.49. The van der Waals surface area contributed by atoms with E-state index < -0.39 is 0 Å². The number of fused-ring (bicyclic) bond motifs is 1. The summed E-state index contributed by atoms with van der Waals surface area (Å²) in [7, 11) is 0. The van der Waals surface area contributed by atoms with E-state index in [9.17, 15) is 9.59 Å². The maximum atomic E-state index is 13.4. The predicted molar refractivity (Wildman–Crippen MR) is 137 cm³/mol. The molecule has 1 saturated heterocycles. The Morgan fingerprint density at radius 2 is 1.97 bits per heavy atom. The first-order chi connectivity index (χ1) is 16.5. The van der Waals surface area contributed by atoms with Gasteiger partial charge in [-0.3, -0.25) is 9.69 Å². The summed E-state index contributed by atoms with van der Waals surface area (Å²) in [5, 5.41) is 3.90. The largest absolute Gasteiger partial charge is 0.494 e. The predicted octanol–water partition coefficient (Wildman–Crippen LogP) is 4.75. The van der Waals surface area contributed by atoms with Gasteiger partial charge >= 0.3 is 6.03 Å². The summed E-state index contributed by atoms with van der Waals surface area (Å²) in [5.41, 5.74) is 3.01. The minimum absolute atomic E-state index is 0.177. The van der Waals surface area contributed by atoms with E-state index in [1.165, 1.54) is 0 Å². The van der Waals surface area contributed by atoms with Crippen molar-refractivity contribution in [3.05, 3.63) is 70.0 Å². The van der Waals surface area contributed by atoms with Gasteiger partial charge in [-0.2, -0.15) is 0 Å². The molecule has 0 bridgehead atoms. The second kappa shape index (κ2) is 10.7. The number of likely N-dealkylation sites (tertiary alicyclic amines) is 1. The van der Waals surface area contributed by atoms with E-state index in [0.717, 1.165) is 53.8 Å². The molecule has 7 heteroatoms. The topological polar surface area (TPSA) is 77.7 Å². The molecule has 1 fully saturated rings. The zero-order valence-electron chi connectivity index (χ0n) is 20.3. The summed E-state index contributed by atoms with van der Waals surface area (Å²) in [6, 6.07) is 15.3. The van der Waals surface area contributed by atoms with Crippen LogP contribution >= 0.6 is 0 Å². The maximum absolute atomic E-state index is 13.4. The number of carbonyl (C=O) groups is 1. The van der Waals surface area contributed by atoms with Crippen molar-refractivity contribution in [2.24, 2.45) is 0 Å². The molecule has 0 saturated carbocycles. The number of nitrogens with zero attached hydrogens (tertiary/aromatic N) is 2. The average molecular weight is 463 g/mol. The lowest BCUT2D eigenvalue weighted by atomic mass is 10.1. The van der Waals surface area contributed by atoms with Crippen LogP contribution in [0.3, 0.4) is 0 Å². The average Bonchev–Trinajstić information content (AvgIpc) is 3.28. The molecule has 0 unspecified atom stereocenters. The highest BCUT2D eigenvalue weighted by Gasteiger charge is 2.28. The van der Waals surface area contributed by atoms with E-state index in [2.05, 4.69) is 22.1 Å². The number of pyridine rings is 1. The smallest absolute Gasteiger partial charge is 0.322 e. The Hall–Kier alpha value is -3.32. The fraction of sp³-hybridized carbons (Fsp3) is 0.407. The van der Waals surface area contributed by atoms with Gasteiger partial charge in [0, 0.05) is 34.7 Å². The van der Waals surface area contributed by atoms with Crippen molar-refractivity contribution in [3.63, 3.8) is 0 Å². The third kappa shape index (κ3) is 5.59. The van der Waals surface area contributed by atoms with Crippen LogP contribution in [0, 0.1) is 6.92 Å². The van der Waals surface area contributed by atoms with Crippen molar-refractivity contribution < 1.29 is 9.53 Å². The molecule has 7 nitrogen and oxygen atoms in total. The fourth-order valence-electron chi connectivity index (χ4n) is 4.64. The van der Waals surface area contributed by atoms with Crippen LogP contribution in [0.5, 0.6) is 5.75 Å². The normalized spacial score (nSPS) is 16.0. The molecule has 3 aromatic rings. The molecule has 2 N–H and O–H groups in total. The van der Waals surface area contributed by atoms with Crippen molar-refractivity contribution in [3.8, 4) is 5.75 Å². The lowest BCUT2D eigenvalue weighted by Crippen LogP contribution is -2.45. The zero-order chi connectivity index (χ0) is 24.1. The molecule has 34 heavy (non-hydrogen) atoms. The van der Waals surface area contributed by atoms with Gasteiger partial charge < -0.3 is 19.9 Å². The number of rotatable bonds is 8. The van der Waals surface area contributed by atoms with Crippen molar-refractivity contribution in [2.75, 3.05) is 31.6 Å². The number of nitrogens with one attached hydrogen (secondary N) is 2. The van der Waals surface area contributed by atoms with E-state index >= 15 is 0 Å². The summed E-state index contributed by atoms with van der Waals surface area (Å²) in [5.74, 6) is 0.756. The summed E-state index contributed by atoms with van der Waals surface area (Å²) in [6.07, 6.45) is 2.18. The van der Waals surface area contributed by atoms with E-state index in [1.54, 1.807) is 4.90 Å². The number of H-pyrrole nitrogens is 1. The van der Waals surface area contributed by atoms with Crippen LogP contribution in [-0.4, -0.2) is 53.1 Å². The van der Waals surface area contributed by atoms with Gasteiger partial charge in [0.15, 0.2) is 0 Å². The van der Waals surface area contributed by atoms with E-state index in [-0.39, 0.29) is 24.2 Å². The van der Waals surface area contributed by atoms with Crippen molar-refractivity contribution >= 4 is 22.6 Å². The first-order valence-corrected chi connectivity index (χ1v) is 12.1. The molecule has 1 aromatic heterocycles. The first-order valence-electron chi connectivity index (χ1n) is 12.1. The Labute approximate surface area is 200 Å². The summed E-state index contributed by atoms with van der Waals surface area (Å²) in [4.78, 5) is 33.4. The molecule has 0 spiro atoms. The number of aryl methyl sites for hydroxylation is 1. The molecule has 1 atom stereocenters. The number of urea groups is 1. The molecule has 2 heterocycles. The number of amides is 2. The molecule has 180 valence electrons. The Balaban J connectivity index is 1.61. The number of likely N-dealkylation sites (N-methyl/N-ethyl adjacent to an activating group) is 1. The van der Waals surface area contributed by atoms with Crippen LogP contribution in [0.1, 0.15) is 37.8 Å². The number of aromatic amines is 1. The zero-order valence-corrected chi connectivity index (χ0v) is 20.3. The van der Waals surface area contributed by atoms with E-state index in [1.807, 2.05) is 62.4 Å². The van der Waals surface area contributed by atoms with Crippen LogP contribution in [-0.2, 0) is 6.54 Å². The lowest BCUT2D eigenvalue weighted by molar-refractivity contribution is 0.174. The second-order valence-electron chi connectivity index (χ2n) is 8.91. The molecular weight excluding hydrogens is 428 g/mol. The highest BCUT2D eigenvalue weighted by Crippen LogP contribution is 2.22. The van der Waals surface area contributed by atoms with Gasteiger partial charge in [0.2, 0.25) is 0 Å². The first kappa shape index (κ1) is 23.8. The summed E-state index contributed by atoms with van der Waals surface area (Å²) < 4.78 is 5.62. The number of anilines is 1. The standard InChI is InChI=1S/C27H34N4O3/c1-4-30-14-6-7-23(30)18-31(27(33)28-22-10-8-19(3)9-11-22)17-21-15-20-16-24(34-5-2)12-13-25(20)29-26(21)32/h8-13,15-16,23H,4-7,14,17-18H2,1-3H3,(H,28,33)(H,29,32)/t23-/m1/s1. The van der Waals surface area contributed by atoms with Crippen LogP contribution in [0.4, 0.5) is 10.5 Å². The molecular formula is C27H34N4O3. The van der Waals surface area contributed by atoms with Gasteiger partial charge in [-0.15, -0.1) is 0 Å². The third-order valence-corrected chi connectivity index (χ3v) is 6.49. The van der Waals surface area contributed by atoms with Crippen molar-refractivity contribution in [1.29, 1.82) is 0 Å². The Kier molecular flexibility index (Phi) is 7.53. The lowest BCUT2D eigenvalue weighted by Gasteiger charge is -2.30. The van der Waals surface area contributed by atoms with Gasteiger partial charge in [-0.1, -0.05) is 24.6 Å². The number of aromatic nitrogens is 1. The number of hydrogen-bond donors (Lipinski definition) is 2.